The van der Waals surface area contributed by atoms with E-state index in [4.69, 9.17) is 9.15 Å². The van der Waals surface area contributed by atoms with Gasteiger partial charge in [0.15, 0.2) is 12.4 Å². The summed E-state index contributed by atoms with van der Waals surface area (Å²) in [5.41, 5.74) is 0.0402. The molecule has 0 saturated carbocycles. The Labute approximate surface area is 109 Å². The number of carbonyl (C=O) groups excluding carboxylic acids is 1. The largest absolute Gasteiger partial charge is 0.484 e. The predicted molar refractivity (Wildman–Crippen MR) is 64.4 cm³/mol. The molecule has 0 aliphatic rings. The van der Waals surface area contributed by atoms with Gasteiger partial charge in [-0.05, 0) is 19.1 Å². The molecule has 0 atom stereocenters. The second kappa shape index (κ2) is 5.60. The summed E-state index contributed by atoms with van der Waals surface area (Å²) in [6.07, 6.45) is 0.648. The van der Waals surface area contributed by atoms with Gasteiger partial charge in [0, 0.05) is 12.5 Å². The average Bonchev–Trinajstić information content (AvgIpc) is 2.84. The van der Waals surface area contributed by atoms with Gasteiger partial charge in [-0.25, -0.2) is 4.39 Å². The second-order valence-corrected chi connectivity index (χ2v) is 3.93. The SMILES string of the molecule is CCc1nnc(COc2ccc(C(C)=O)c(F)c2)o1. The first-order valence-electron chi connectivity index (χ1n) is 5.84. The smallest absolute Gasteiger partial charge is 0.253 e. The van der Waals surface area contributed by atoms with Crippen molar-refractivity contribution >= 4 is 5.78 Å². The van der Waals surface area contributed by atoms with E-state index in [1.165, 1.54) is 19.1 Å². The van der Waals surface area contributed by atoms with Crippen LogP contribution >= 0.6 is 0 Å². The predicted octanol–water partition coefficient (Wildman–Crippen LogP) is 2.55. The lowest BCUT2D eigenvalue weighted by Gasteiger charge is -2.05. The molecule has 100 valence electrons. The Morgan fingerprint density at radius 3 is 2.68 bits per heavy atom. The summed E-state index contributed by atoms with van der Waals surface area (Å²) in [6.45, 7) is 3.27. The van der Waals surface area contributed by atoms with Crippen LogP contribution in [-0.4, -0.2) is 16.0 Å². The summed E-state index contributed by atoms with van der Waals surface area (Å²) in [6, 6.07) is 4.07. The van der Waals surface area contributed by atoms with E-state index in [0.717, 1.165) is 6.07 Å². The van der Waals surface area contributed by atoms with Crippen LogP contribution in [-0.2, 0) is 13.0 Å². The summed E-state index contributed by atoms with van der Waals surface area (Å²) in [5.74, 6) is 0.224. The van der Waals surface area contributed by atoms with Crippen molar-refractivity contribution in [1.29, 1.82) is 0 Å². The Bertz CT molecular complexity index is 595. The van der Waals surface area contributed by atoms with E-state index in [0.29, 0.717) is 24.0 Å². The van der Waals surface area contributed by atoms with Gasteiger partial charge in [-0.15, -0.1) is 10.2 Å². The zero-order chi connectivity index (χ0) is 13.8. The highest BCUT2D eigenvalue weighted by molar-refractivity contribution is 5.94. The van der Waals surface area contributed by atoms with Gasteiger partial charge < -0.3 is 9.15 Å². The molecule has 0 fully saturated rings. The van der Waals surface area contributed by atoms with Crippen molar-refractivity contribution in [1.82, 2.24) is 10.2 Å². The van der Waals surface area contributed by atoms with Crippen LogP contribution in [0.25, 0.3) is 0 Å². The Kier molecular flexibility index (Phi) is 3.89. The van der Waals surface area contributed by atoms with Crippen molar-refractivity contribution in [3.63, 3.8) is 0 Å². The van der Waals surface area contributed by atoms with E-state index < -0.39 is 5.82 Å². The number of Topliss-reactive ketones (excluding diaryl/α,β-unsaturated/α-hetero) is 1. The fourth-order valence-electron chi connectivity index (χ4n) is 1.51. The van der Waals surface area contributed by atoms with Crippen molar-refractivity contribution in [2.75, 3.05) is 0 Å². The lowest BCUT2D eigenvalue weighted by Crippen LogP contribution is -2.00. The van der Waals surface area contributed by atoms with Gasteiger partial charge in [0.25, 0.3) is 5.89 Å². The summed E-state index contributed by atoms with van der Waals surface area (Å²) >= 11 is 0. The van der Waals surface area contributed by atoms with Crippen molar-refractivity contribution in [3.05, 3.63) is 41.4 Å². The first-order chi connectivity index (χ1) is 9.10. The maximum Gasteiger partial charge on any atom is 0.253 e. The van der Waals surface area contributed by atoms with Crippen LogP contribution in [0.2, 0.25) is 0 Å². The van der Waals surface area contributed by atoms with Crippen LogP contribution in [0.3, 0.4) is 0 Å². The van der Waals surface area contributed by atoms with E-state index in [9.17, 15) is 9.18 Å². The zero-order valence-corrected chi connectivity index (χ0v) is 10.6. The summed E-state index contributed by atoms with van der Waals surface area (Å²) in [4.78, 5) is 11.1. The Morgan fingerprint density at radius 1 is 1.37 bits per heavy atom. The fraction of sp³-hybridized carbons (Fsp3) is 0.308. The molecular formula is C13H13FN2O3. The molecule has 2 rings (SSSR count). The van der Waals surface area contributed by atoms with Crippen LogP contribution in [0, 0.1) is 5.82 Å². The van der Waals surface area contributed by atoms with Gasteiger partial charge in [0.05, 0.1) is 5.56 Å². The molecule has 0 aliphatic carbocycles. The standard InChI is InChI=1S/C13H13FN2O3/c1-3-12-15-16-13(19-12)7-18-9-4-5-10(8(2)17)11(14)6-9/h4-6H,3,7H2,1-2H3. The van der Waals surface area contributed by atoms with Gasteiger partial charge in [0.2, 0.25) is 5.89 Å². The maximum absolute atomic E-state index is 13.5. The third-order valence-electron chi connectivity index (χ3n) is 2.49. The molecule has 5 nitrogen and oxygen atoms in total. The average molecular weight is 264 g/mol. The van der Waals surface area contributed by atoms with E-state index in [1.54, 1.807) is 0 Å². The first kappa shape index (κ1) is 13.2. The summed E-state index contributed by atoms with van der Waals surface area (Å²) in [7, 11) is 0. The highest BCUT2D eigenvalue weighted by atomic mass is 19.1. The number of rotatable bonds is 5. The van der Waals surface area contributed by atoms with E-state index in [1.807, 2.05) is 6.92 Å². The summed E-state index contributed by atoms with van der Waals surface area (Å²) in [5, 5.41) is 7.57. The van der Waals surface area contributed by atoms with Gasteiger partial charge in [-0.2, -0.15) is 0 Å². The highest BCUT2D eigenvalue weighted by Crippen LogP contribution is 2.18. The minimum atomic E-state index is -0.607. The lowest BCUT2D eigenvalue weighted by molar-refractivity contribution is 0.101. The van der Waals surface area contributed by atoms with Crippen molar-refractivity contribution < 1.29 is 18.3 Å². The molecule has 0 N–H and O–H groups in total. The van der Waals surface area contributed by atoms with Crippen LogP contribution < -0.4 is 4.74 Å². The number of aromatic nitrogens is 2. The minimum Gasteiger partial charge on any atom is -0.484 e. The normalized spacial score (nSPS) is 10.5. The van der Waals surface area contributed by atoms with Crippen molar-refractivity contribution in [2.45, 2.75) is 26.9 Å². The maximum atomic E-state index is 13.5. The second-order valence-electron chi connectivity index (χ2n) is 3.93. The first-order valence-corrected chi connectivity index (χ1v) is 5.84. The molecule has 0 radical (unpaired) electrons. The van der Waals surface area contributed by atoms with Gasteiger partial charge in [-0.3, -0.25) is 4.79 Å². The number of hydrogen-bond acceptors (Lipinski definition) is 5. The number of nitrogens with zero attached hydrogens (tertiary/aromatic N) is 2. The van der Waals surface area contributed by atoms with E-state index >= 15 is 0 Å². The van der Waals surface area contributed by atoms with Crippen LogP contribution in [0.5, 0.6) is 5.75 Å². The number of ketones is 1. The molecule has 0 unspecified atom stereocenters. The van der Waals surface area contributed by atoms with E-state index in [-0.39, 0.29) is 18.0 Å². The van der Waals surface area contributed by atoms with Crippen LogP contribution in [0.15, 0.2) is 22.6 Å². The molecule has 6 heteroatoms. The third kappa shape index (κ3) is 3.15. The Morgan fingerprint density at radius 2 is 2.11 bits per heavy atom. The molecule has 0 aliphatic heterocycles. The number of hydrogen-bond donors (Lipinski definition) is 0. The van der Waals surface area contributed by atoms with E-state index in [2.05, 4.69) is 10.2 Å². The lowest BCUT2D eigenvalue weighted by atomic mass is 10.1. The Hall–Kier alpha value is -2.24. The number of carbonyl (C=O) groups is 1. The topological polar surface area (TPSA) is 65.2 Å². The molecule has 1 heterocycles. The van der Waals surface area contributed by atoms with Gasteiger partial charge in [-0.1, -0.05) is 6.92 Å². The molecule has 1 aromatic carbocycles. The number of ether oxygens (including phenoxy) is 1. The molecule has 0 spiro atoms. The monoisotopic (exact) mass is 264 g/mol. The molecule has 19 heavy (non-hydrogen) atoms. The molecule has 0 amide bonds. The van der Waals surface area contributed by atoms with Crippen molar-refractivity contribution in [3.8, 4) is 5.75 Å². The molecular weight excluding hydrogens is 251 g/mol. The summed E-state index contributed by atoms with van der Waals surface area (Å²) < 4.78 is 24.1. The number of halogens is 1. The quantitative estimate of drug-likeness (QED) is 0.776. The molecule has 1 aromatic heterocycles. The fourth-order valence-corrected chi connectivity index (χ4v) is 1.51. The minimum absolute atomic E-state index is 0.0402. The number of aryl methyl sites for hydroxylation is 1. The van der Waals surface area contributed by atoms with Crippen LogP contribution in [0.4, 0.5) is 4.39 Å². The van der Waals surface area contributed by atoms with Gasteiger partial charge >= 0.3 is 0 Å². The Balaban J connectivity index is 2.03. The zero-order valence-electron chi connectivity index (χ0n) is 10.6. The van der Waals surface area contributed by atoms with Gasteiger partial charge in [0.1, 0.15) is 11.6 Å². The highest BCUT2D eigenvalue weighted by Gasteiger charge is 2.09. The third-order valence-corrected chi connectivity index (χ3v) is 2.49. The molecule has 0 saturated heterocycles. The molecule has 0 bridgehead atoms. The van der Waals surface area contributed by atoms with Crippen molar-refractivity contribution in [2.24, 2.45) is 0 Å². The molecule has 2 aromatic rings. The van der Waals surface area contributed by atoms with Crippen LogP contribution in [0.1, 0.15) is 36.0 Å². The number of benzene rings is 1.